The summed E-state index contributed by atoms with van der Waals surface area (Å²) in [4.78, 5) is 23.6. The van der Waals surface area contributed by atoms with Crippen molar-refractivity contribution in [1.82, 2.24) is 0 Å². The van der Waals surface area contributed by atoms with Gasteiger partial charge < -0.3 is 4.90 Å². The van der Waals surface area contributed by atoms with Gasteiger partial charge in [0.05, 0.1) is 15.6 Å². The van der Waals surface area contributed by atoms with Crippen molar-refractivity contribution in [1.29, 1.82) is 0 Å². The summed E-state index contributed by atoms with van der Waals surface area (Å²) in [6, 6.07) is 4.50. The quantitative estimate of drug-likeness (QED) is 0.631. The number of non-ortho nitro benzene ring substituents is 1. The molecule has 0 bridgehead atoms. The molecule has 0 spiro atoms. The first kappa shape index (κ1) is 13.8. The van der Waals surface area contributed by atoms with E-state index in [1.165, 1.54) is 12.1 Å². The number of carbonyl (C=O) groups is 1. The maximum Gasteiger partial charge on any atom is 0.271 e. The van der Waals surface area contributed by atoms with Gasteiger partial charge >= 0.3 is 0 Å². The Hall–Kier alpha value is -1.62. The zero-order valence-electron chi connectivity index (χ0n) is 10.6. The largest absolute Gasteiger partial charge is 0.370 e. The zero-order chi connectivity index (χ0) is 14.0. The Morgan fingerprint density at radius 3 is 2.53 bits per heavy atom. The van der Waals surface area contributed by atoms with Crippen LogP contribution >= 0.6 is 11.6 Å². The van der Waals surface area contributed by atoms with Crippen molar-refractivity contribution >= 4 is 28.8 Å². The van der Waals surface area contributed by atoms with Gasteiger partial charge in [0.1, 0.15) is 5.78 Å². The predicted octanol–water partition coefficient (Wildman–Crippen LogP) is 3.05. The topological polar surface area (TPSA) is 63.5 Å². The average Bonchev–Trinajstić information content (AvgIpc) is 2.38. The van der Waals surface area contributed by atoms with Crippen molar-refractivity contribution in [3.05, 3.63) is 33.3 Å². The van der Waals surface area contributed by atoms with Crippen LogP contribution in [0.5, 0.6) is 0 Å². The standard InChI is InChI=1S/C13H15ClN2O3/c1-9(17)10-4-6-15(7-5-10)13-3-2-11(16(18)19)8-12(13)14/h2-3,8,10H,4-7H2,1H3. The van der Waals surface area contributed by atoms with E-state index in [2.05, 4.69) is 4.90 Å². The minimum Gasteiger partial charge on any atom is -0.370 e. The molecule has 0 amide bonds. The van der Waals surface area contributed by atoms with Gasteiger partial charge in [0.25, 0.3) is 5.69 Å². The first-order valence-corrected chi connectivity index (χ1v) is 6.56. The van der Waals surface area contributed by atoms with E-state index in [0.717, 1.165) is 31.6 Å². The molecule has 0 aromatic heterocycles. The fraction of sp³-hybridized carbons (Fsp3) is 0.462. The van der Waals surface area contributed by atoms with Crippen LogP contribution in [0.3, 0.4) is 0 Å². The van der Waals surface area contributed by atoms with Gasteiger partial charge in [-0.1, -0.05) is 11.6 Å². The van der Waals surface area contributed by atoms with Gasteiger partial charge in [0.2, 0.25) is 0 Å². The average molecular weight is 283 g/mol. The molecule has 1 aliphatic rings. The van der Waals surface area contributed by atoms with Crippen LogP contribution in [0.4, 0.5) is 11.4 Å². The number of anilines is 1. The molecule has 6 heteroatoms. The number of nitrogens with zero attached hydrogens (tertiary/aromatic N) is 2. The molecule has 2 rings (SSSR count). The maximum absolute atomic E-state index is 11.3. The highest BCUT2D eigenvalue weighted by Gasteiger charge is 2.24. The predicted molar refractivity (Wildman–Crippen MR) is 73.7 cm³/mol. The molecule has 0 N–H and O–H groups in total. The van der Waals surface area contributed by atoms with Crippen LogP contribution in [-0.4, -0.2) is 23.8 Å². The fourth-order valence-electron chi connectivity index (χ4n) is 2.39. The summed E-state index contributed by atoms with van der Waals surface area (Å²) < 4.78 is 0. The summed E-state index contributed by atoms with van der Waals surface area (Å²) >= 11 is 6.09. The summed E-state index contributed by atoms with van der Waals surface area (Å²) in [5, 5.41) is 11.0. The van der Waals surface area contributed by atoms with E-state index in [-0.39, 0.29) is 17.4 Å². The highest BCUT2D eigenvalue weighted by Crippen LogP contribution is 2.32. The molecule has 19 heavy (non-hydrogen) atoms. The highest BCUT2D eigenvalue weighted by atomic mass is 35.5. The summed E-state index contributed by atoms with van der Waals surface area (Å²) in [5.41, 5.74) is 0.793. The summed E-state index contributed by atoms with van der Waals surface area (Å²) in [6.07, 6.45) is 1.62. The maximum atomic E-state index is 11.3. The van der Waals surface area contributed by atoms with Gasteiger partial charge in [-0.3, -0.25) is 14.9 Å². The molecule has 1 fully saturated rings. The highest BCUT2D eigenvalue weighted by molar-refractivity contribution is 6.33. The van der Waals surface area contributed by atoms with Crippen LogP contribution in [0, 0.1) is 16.0 Å². The molecule has 1 aromatic carbocycles. The second kappa shape index (κ2) is 5.57. The lowest BCUT2D eigenvalue weighted by Gasteiger charge is -2.33. The van der Waals surface area contributed by atoms with Crippen molar-refractivity contribution in [3.8, 4) is 0 Å². The van der Waals surface area contributed by atoms with E-state index in [1.807, 2.05) is 0 Å². The van der Waals surface area contributed by atoms with Crippen molar-refractivity contribution in [2.75, 3.05) is 18.0 Å². The number of rotatable bonds is 3. The molecule has 0 unspecified atom stereocenters. The third kappa shape index (κ3) is 3.04. The molecule has 1 aromatic rings. The second-order valence-electron chi connectivity index (χ2n) is 4.76. The Labute approximate surface area is 116 Å². The Balaban J connectivity index is 2.11. The molecule has 5 nitrogen and oxygen atoms in total. The van der Waals surface area contributed by atoms with E-state index < -0.39 is 4.92 Å². The molecule has 0 saturated carbocycles. The van der Waals surface area contributed by atoms with E-state index in [9.17, 15) is 14.9 Å². The zero-order valence-corrected chi connectivity index (χ0v) is 11.4. The Morgan fingerprint density at radius 1 is 1.42 bits per heavy atom. The van der Waals surface area contributed by atoms with Crippen LogP contribution in [-0.2, 0) is 4.79 Å². The number of nitro groups is 1. The van der Waals surface area contributed by atoms with Crippen molar-refractivity contribution in [2.24, 2.45) is 5.92 Å². The van der Waals surface area contributed by atoms with Crippen molar-refractivity contribution in [2.45, 2.75) is 19.8 Å². The van der Waals surface area contributed by atoms with Gasteiger partial charge in [-0.2, -0.15) is 0 Å². The van der Waals surface area contributed by atoms with E-state index in [4.69, 9.17) is 11.6 Å². The first-order valence-electron chi connectivity index (χ1n) is 6.18. The number of Topliss-reactive ketones (excluding diaryl/α,β-unsaturated/α-hetero) is 1. The van der Waals surface area contributed by atoms with Crippen molar-refractivity contribution in [3.63, 3.8) is 0 Å². The van der Waals surface area contributed by atoms with Gasteiger partial charge in [0.15, 0.2) is 0 Å². The van der Waals surface area contributed by atoms with E-state index in [1.54, 1.807) is 13.0 Å². The molecule has 102 valence electrons. The Morgan fingerprint density at radius 2 is 2.05 bits per heavy atom. The molecular formula is C13H15ClN2O3. The van der Waals surface area contributed by atoms with Crippen LogP contribution in [0.1, 0.15) is 19.8 Å². The number of hydrogen-bond acceptors (Lipinski definition) is 4. The Bertz CT molecular complexity index is 511. The third-order valence-electron chi connectivity index (χ3n) is 3.55. The monoisotopic (exact) mass is 282 g/mol. The number of nitro benzene ring substituents is 1. The van der Waals surface area contributed by atoms with Gasteiger partial charge in [-0.05, 0) is 25.8 Å². The van der Waals surface area contributed by atoms with Crippen LogP contribution in [0.2, 0.25) is 5.02 Å². The third-order valence-corrected chi connectivity index (χ3v) is 3.86. The van der Waals surface area contributed by atoms with E-state index in [0.29, 0.717) is 5.02 Å². The molecule has 0 radical (unpaired) electrons. The van der Waals surface area contributed by atoms with Gasteiger partial charge in [-0.15, -0.1) is 0 Å². The summed E-state index contributed by atoms with van der Waals surface area (Å²) in [7, 11) is 0. The van der Waals surface area contributed by atoms with Crippen LogP contribution in [0.15, 0.2) is 18.2 Å². The van der Waals surface area contributed by atoms with Crippen molar-refractivity contribution < 1.29 is 9.72 Å². The minimum absolute atomic E-state index is 0.00706. The number of halogens is 1. The molecule has 0 aliphatic carbocycles. The lowest BCUT2D eigenvalue weighted by molar-refractivity contribution is -0.384. The number of ketones is 1. The van der Waals surface area contributed by atoms with Crippen LogP contribution in [0.25, 0.3) is 0 Å². The fourth-order valence-corrected chi connectivity index (χ4v) is 2.69. The number of piperidine rings is 1. The lowest BCUT2D eigenvalue weighted by atomic mass is 9.93. The molecule has 1 aliphatic heterocycles. The smallest absolute Gasteiger partial charge is 0.271 e. The summed E-state index contributed by atoms with van der Waals surface area (Å²) in [6.45, 7) is 3.13. The van der Waals surface area contributed by atoms with Gasteiger partial charge in [-0.25, -0.2) is 0 Å². The molecule has 0 atom stereocenters. The lowest BCUT2D eigenvalue weighted by Crippen LogP contribution is -2.35. The first-order chi connectivity index (χ1) is 8.99. The number of benzene rings is 1. The normalized spacial score (nSPS) is 16.4. The number of hydrogen-bond donors (Lipinski definition) is 0. The number of carbonyl (C=O) groups excluding carboxylic acids is 1. The van der Waals surface area contributed by atoms with E-state index >= 15 is 0 Å². The second-order valence-corrected chi connectivity index (χ2v) is 5.17. The Kier molecular flexibility index (Phi) is 4.04. The summed E-state index contributed by atoms with van der Waals surface area (Å²) in [5.74, 6) is 0.363. The van der Waals surface area contributed by atoms with Gasteiger partial charge in [0, 0.05) is 31.1 Å². The molecule has 1 saturated heterocycles. The molecule has 1 heterocycles. The van der Waals surface area contributed by atoms with Crippen LogP contribution < -0.4 is 4.90 Å². The SMILES string of the molecule is CC(=O)C1CCN(c2ccc([N+](=O)[O-])cc2Cl)CC1. The molecular weight excluding hydrogens is 268 g/mol. The minimum atomic E-state index is -0.461.